The van der Waals surface area contributed by atoms with E-state index in [1.165, 1.54) is 34.6 Å². The molecule has 582 valence electrons. The summed E-state index contributed by atoms with van der Waals surface area (Å²) in [7, 11) is 0. The molecule has 0 bridgehead atoms. The van der Waals surface area contributed by atoms with Gasteiger partial charge in [-0.05, 0) is 111 Å². The fourth-order valence-corrected chi connectivity index (χ4v) is 14.6. The molecule has 0 saturated heterocycles. The highest BCUT2D eigenvalue weighted by atomic mass is 32.2. The lowest BCUT2D eigenvalue weighted by Gasteiger charge is -2.17. The van der Waals surface area contributed by atoms with E-state index in [1.54, 1.807) is 57.2 Å². The van der Waals surface area contributed by atoms with Crippen LogP contribution in [0.5, 0.6) is 0 Å². The van der Waals surface area contributed by atoms with Crippen LogP contribution in [-0.2, 0) is 14.2 Å². The molecule has 0 aliphatic heterocycles. The number of benzene rings is 3. The Morgan fingerprint density at radius 2 is 0.870 bits per heavy atom. The van der Waals surface area contributed by atoms with Crippen LogP contribution in [0.1, 0.15) is 174 Å². The van der Waals surface area contributed by atoms with Gasteiger partial charge in [0.05, 0.1) is 88.3 Å². The molecule has 9 aromatic rings. The van der Waals surface area contributed by atoms with Crippen LogP contribution in [-0.4, -0.2) is 250 Å². The van der Waals surface area contributed by atoms with E-state index in [0.717, 1.165) is 29.6 Å². The molecule has 30 nitrogen and oxygen atoms in total. The first-order valence-corrected chi connectivity index (χ1v) is 37.1. The molecule has 0 radical (unpaired) electrons. The molecule has 6 aromatic heterocycles. The molecule has 3 aromatic carbocycles. The number of ether oxygens (including phenoxy) is 3. The third-order valence-electron chi connectivity index (χ3n) is 19.0. The largest absolute Gasteiger partial charge is 0.394 e. The Labute approximate surface area is 659 Å². The van der Waals surface area contributed by atoms with Crippen molar-refractivity contribution in [3.8, 4) is 0 Å². The fraction of sp³-hybridized carbons (Fsp3) is 0.583. The molecule has 15 rings (SSSR count). The molecule has 0 amide bonds. The van der Waals surface area contributed by atoms with Gasteiger partial charge < -0.3 is 76.1 Å². The van der Waals surface area contributed by atoms with Crippen LogP contribution in [0.3, 0.4) is 0 Å². The summed E-state index contributed by atoms with van der Waals surface area (Å²) in [5.41, 5.74) is -1.88. The summed E-state index contributed by atoms with van der Waals surface area (Å²) in [4.78, 5) is 26.4. The van der Waals surface area contributed by atoms with E-state index < -0.39 is 183 Å². The first-order chi connectivity index (χ1) is 58.9. The van der Waals surface area contributed by atoms with Crippen LogP contribution < -0.4 is 16.0 Å². The Morgan fingerprint density at radius 3 is 1.24 bits per heavy atom. The monoisotopic (exact) mass is 1570 g/mol. The average molecular weight is 1570 g/mol. The zero-order chi connectivity index (χ0) is 93.3. The average Bonchev–Trinajstić information content (AvgIpc) is 1.51. The number of halogens is 3. The summed E-state index contributed by atoms with van der Waals surface area (Å²) in [5.74, 6) is -2.43. The van der Waals surface area contributed by atoms with Crippen molar-refractivity contribution in [3.05, 3.63) is 105 Å². The van der Waals surface area contributed by atoms with Gasteiger partial charge in [0, 0.05) is 85.9 Å². The normalized spacial score (nSPS) is 33.6. The molecule has 108 heavy (non-hydrogen) atoms. The lowest BCUT2D eigenvalue weighted by Crippen LogP contribution is -2.33. The predicted molar refractivity (Wildman–Crippen MR) is 398 cm³/mol. The molecule has 0 unspecified atom stereocenters. The SMILES string of the molecule is [2H]C([2H])(C)C([2H])([2H])Sc1nc(N[C@]2([2H])C[C@H]2c2ccc(C)c(F)c2)c2nnn([C@@H]3C[C@H](OC([2H])([2H])C([2H])([2H])O)[C@@H](O)[C@H]3O)c2n1.[2H]C([2H])(CO)O[C@H]1C[C@@H](n2nnc3c(N[C@]4([2H])C[C@H]4c4ccc(C)c(F)c4)nc(SC([2H])([2H])C([2H])([2H])C)nc32)[C@H](O)[C@@H]1O.[2H]C1([2H])[C@@H](c2ccc(C)c(F)c2)[C@]1([2H])Nc1nc(SCCC)nc2c1nnn2[C@@H]1C[C@H](OCCO)[C@@H](O)[C@H]1O. The van der Waals surface area contributed by atoms with Crippen LogP contribution >= 0.6 is 35.3 Å². The van der Waals surface area contributed by atoms with Gasteiger partial charge >= 0.3 is 0 Å². The van der Waals surface area contributed by atoms with Crippen molar-refractivity contribution in [1.29, 1.82) is 0 Å². The Morgan fingerprint density at radius 1 is 0.491 bits per heavy atom. The Kier molecular flexibility index (Phi) is 18.8. The minimum absolute atomic E-state index is 0.00689. The third-order valence-corrected chi connectivity index (χ3v) is 21.4. The Bertz CT molecular complexity index is 5560. The second-order valence-electron chi connectivity index (χ2n) is 26.2. The van der Waals surface area contributed by atoms with Gasteiger partial charge in [0.2, 0.25) is 0 Å². The summed E-state index contributed by atoms with van der Waals surface area (Å²) in [6.07, 6.45) is -18.0. The second-order valence-corrected chi connectivity index (χ2v) is 28.8. The number of aryl methyl sites for hydroxylation is 3. The number of fused-ring (bicyclic) bond motifs is 3. The van der Waals surface area contributed by atoms with Gasteiger partial charge in [-0.15, -0.1) is 15.3 Å². The molecule has 6 fully saturated rings. The summed E-state index contributed by atoms with van der Waals surface area (Å²) in [6, 6.07) is 6.28. The first kappa shape index (κ1) is 57.8. The smallest absolute Gasteiger partial charge is 0.191 e. The molecule has 6 aliphatic carbocycles. The number of thioether (sulfide) groups is 3. The zero-order valence-corrected chi connectivity index (χ0v) is 61.2. The number of aromatic nitrogens is 15. The van der Waals surface area contributed by atoms with Gasteiger partial charge in [-0.2, -0.15) is 0 Å². The topological polar surface area (TPSA) is 415 Å². The number of aliphatic hydroxyl groups is 9. The van der Waals surface area contributed by atoms with Gasteiger partial charge in [0.25, 0.3) is 0 Å². The van der Waals surface area contributed by atoms with Gasteiger partial charge in [0.1, 0.15) is 54.1 Å². The maximum Gasteiger partial charge on any atom is 0.191 e. The number of nitrogens with zero attached hydrogens (tertiary/aromatic N) is 15. The highest BCUT2D eigenvalue weighted by Crippen LogP contribution is 2.48. The number of aliphatic hydroxyl groups excluding tert-OH is 8. The van der Waals surface area contributed by atoms with Gasteiger partial charge in [-0.1, -0.05) is 108 Å². The molecule has 6 aliphatic rings. The van der Waals surface area contributed by atoms with E-state index in [-0.39, 0.29) is 107 Å². The van der Waals surface area contributed by atoms with E-state index in [2.05, 4.69) is 76.8 Å². The van der Waals surface area contributed by atoms with Crippen molar-refractivity contribution in [2.75, 3.05) is 72.6 Å². The number of anilines is 3. The minimum atomic E-state index is -3.43. The van der Waals surface area contributed by atoms with E-state index in [9.17, 15) is 54.0 Å². The van der Waals surface area contributed by atoms with E-state index >= 15 is 0 Å². The molecule has 36 heteroatoms. The van der Waals surface area contributed by atoms with Crippen LogP contribution in [0.15, 0.2) is 70.1 Å². The molecule has 18 atom stereocenters. The van der Waals surface area contributed by atoms with Crippen molar-refractivity contribution >= 4 is 86.2 Å². The second kappa shape index (κ2) is 35.1. The summed E-state index contributed by atoms with van der Waals surface area (Å²) in [6.45, 7) is -1.40. The maximum atomic E-state index is 14.3. The quantitative estimate of drug-likeness (QED) is 0.0168. The molecule has 6 saturated carbocycles. The summed E-state index contributed by atoms with van der Waals surface area (Å²) >= 11 is 2.12. The van der Waals surface area contributed by atoms with Crippen LogP contribution in [0, 0.1) is 38.2 Å². The number of rotatable bonds is 30. The van der Waals surface area contributed by atoms with Crippen LogP contribution in [0.25, 0.3) is 33.5 Å². The number of nitrogens with one attached hydrogen (secondary N) is 3. The van der Waals surface area contributed by atoms with Crippen molar-refractivity contribution in [1.82, 2.24) is 74.9 Å². The fourth-order valence-electron chi connectivity index (χ4n) is 13.0. The number of hydrogen-bond acceptors (Lipinski definition) is 30. The van der Waals surface area contributed by atoms with Crippen molar-refractivity contribution in [3.63, 3.8) is 0 Å². The molecular formula is C72H93F3N18O12S3. The summed E-state index contributed by atoms with van der Waals surface area (Å²) in [5, 5.41) is 125. The highest BCUT2D eigenvalue weighted by Gasteiger charge is 2.49. The lowest BCUT2D eigenvalue weighted by molar-refractivity contribution is -0.0629. The zero-order valence-electron chi connectivity index (χ0n) is 77.7. The molecule has 0 spiro atoms. The van der Waals surface area contributed by atoms with Crippen LogP contribution in [0.4, 0.5) is 30.6 Å². The molecular weight excluding hydrogens is 1460 g/mol. The third kappa shape index (κ3) is 17.5. The van der Waals surface area contributed by atoms with Gasteiger partial charge in [-0.25, -0.2) is 57.1 Å². The lowest BCUT2D eigenvalue weighted by atomic mass is 10.1. The van der Waals surface area contributed by atoms with E-state index in [4.69, 9.17) is 45.4 Å². The first-order valence-electron chi connectivity index (χ1n) is 44.0. The van der Waals surface area contributed by atoms with E-state index in [1.807, 2.05) is 6.92 Å². The predicted octanol–water partition coefficient (Wildman–Crippen LogP) is 6.55. The Hall–Kier alpha value is -7.14. The Balaban J connectivity index is 0.000000163. The summed E-state index contributed by atoms with van der Waals surface area (Å²) < 4.78 is 216. The van der Waals surface area contributed by atoms with Crippen molar-refractivity contribution in [2.24, 2.45) is 0 Å². The molecule has 6 heterocycles. The van der Waals surface area contributed by atoms with Crippen molar-refractivity contribution < 1.29 is 99.4 Å². The maximum absolute atomic E-state index is 14.3. The molecule has 12 N–H and O–H groups in total. The number of hydrogen-bond donors (Lipinski definition) is 12. The standard InChI is InChI=1S/3C24H31FN6O4S/c3*1-3-8-36-24-27-22(26-16-10-14(16)13-5-4-12(2)15(25)9-13)19-23(28-24)31(30-29-19)17-11-18(35-7-6-32)21(34)20(17)33/h3*4-5,9,14,16-18,20-21,32-34H,3,6-8,10-11H2,1-2H3,(H,26,27,28)/t3*14-,16+,17+,18-,20-,21+/m000/s1/i3D2,6D2,7D2,8D2,16D;3D2,7D2,8D2,16D;10D2,16D. The van der Waals surface area contributed by atoms with E-state index in [0.29, 0.717) is 67.8 Å². The van der Waals surface area contributed by atoms with Crippen LogP contribution in [0.2, 0.25) is 0 Å². The van der Waals surface area contributed by atoms with Crippen molar-refractivity contribution in [2.45, 2.75) is 224 Å². The van der Waals surface area contributed by atoms with Gasteiger partial charge in [-0.3, -0.25) is 0 Å². The highest BCUT2D eigenvalue weighted by molar-refractivity contribution is 7.99. The minimum Gasteiger partial charge on any atom is -0.394 e. The van der Waals surface area contributed by atoms with Gasteiger partial charge in [0.15, 0.2) is 66.4 Å².